The van der Waals surface area contributed by atoms with Crippen molar-refractivity contribution >= 4 is 18.0 Å². The fraction of sp³-hybridized carbons (Fsp3) is 0.500. The van der Waals surface area contributed by atoms with Crippen LogP contribution in [0.2, 0.25) is 0 Å². The minimum atomic E-state index is -0.949. The monoisotopic (exact) mass is 509 g/mol. The van der Waals surface area contributed by atoms with Crippen LogP contribution in [0.3, 0.4) is 0 Å². The standard InChI is InChI=1S/C30H39NO6/c1-30(2,3)37-28(33)26(19-23-13-7-4-8-14-23)31(29(34)36-22-25-17-11-6-12-18-25)20-27(32)35-21-24-15-9-5-10-16-24/h5-6,9-12,15-18,23,26H,4,7-8,13-14,19-22H2,1-3H3/t26-/m1/s1. The van der Waals surface area contributed by atoms with Crippen molar-refractivity contribution in [1.29, 1.82) is 0 Å². The summed E-state index contributed by atoms with van der Waals surface area (Å²) in [6, 6.07) is 17.6. The Hall–Kier alpha value is -3.35. The van der Waals surface area contributed by atoms with Crippen LogP contribution in [0.15, 0.2) is 60.7 Å². The van der Waals surface area contributed by atoms with E-state index in [2.05, 4.69) is 0 Å². The number of benzene rings is 2. The van der Waals surface area contributed by atoms with Crippen molar-refractivity contribution in [3.8, 4) is 0 Å². The van der Waals surface area contributed by atoms with Gasteiger partial charge in [-0.05, 0) is 44.2 Å². The molecule has 1 atom stereocenters. The van der Waals surface area contributed by atoms with Crippen molar-refractivity contribution < 1.29 is 28.6 Å². The third-order valence-corrected chi connectivity index (χ3v) is 6.32. The van der Waals surface area contributed by atoms with Gasteiger partial charge in [-0.25, -0.2) is 9.59 Å². The van der Waals surface area contributed by atoms with Gasteiger partial charge in [0.1, 0.15) is 31.4 Å². The lowest BCUT2D eigenvalue weighted by atomic mass is 9.84. The molecule has 0 N–H and O–H groups in total. The summed E-state index contributed by atoms with van der Waals surface area (Å²) >= 11 is 0. The Morgan fingerprint density at radius 2 is 1.38 bits per heavy atom. The average Bonchev–Trinajstić information content (AvgIpc) is 2.89. The van der Waals surface area contributed by atoms with Crippen LogP contribution < -0.4 is 0 Å². The molecule has 37 heavy (non-hydrogen) atoms. The van der Waals surface area contributed by atoms with E-state index >= 15 is 0 Å². The van der Waals surface area contributed by atoms with Crippen LogP contribution in [-0.4, -0.2) is 41.1 Å². The molecule has 200 valence electrons. The predicted octanol–water partition coefficient (Wildman–Crippen LogP) is 6.05. The van der Waals surface area contributed by atoms with E-state index in [1.165, 1.54) is 11.3 Å². The molecule has 0 spiro atoms. The molecule has 0 heterocycles. The summed E-state index contributed by atoms with van der Waals surface area (Å²) in [5, 5.41) is 0. The first kappa shape index (κ1) is 28.2. The van der Waals surface area contributed by atoms with Crippen molar-refractivity contribution in [3.63, 3.8) is 0 Å². The summed E-state index contributed by atoms with van der Waals surface area (Å²) in [4.78, 5) is 40.8. The third kappa shape index (κ3) is 9.90. The number of esters is 2. The zero-order valence-corrected chi connectivity index (χ0v) is 22.2. The number of hydrogen-bond acceptors (Lipinski definition) is 6. The molecular weight excluding hydrogens is 470 g/mol. The molecule has 1 amide bonds. The van der Waals surface area contributed by atoms with Gasteiger partial charge in [-0.3, -0.25) is 9.69 Å². The Labute approximate surface area is 220 Å². The zero-order chi connectivity index (χ0) is 26.7. The van der Waals surface area contributed by atoms with E-state index in [1.54, 1.807) is 20.8 Å². The largest absolute Gasteiger partial charge is 0.459 e. The van der Waals surface area contributed by atoms with E-state index in [0.29, 0.717) is 6.42 Å². The second kappa shape index (κ2) is 13.8. The highest BCUT2D eigenvalue weighted by Gasteiger charge is 2.38. The van der Waals surface area contributed by atoms with Crippen LogP contribution in [0.5, 0.6) is 0 Å². The summed E-state index contributed by atoms with van der Waals surface area (Å²) in [7, 11) is 0. The van der Waals surface area contributed by atoms with Crippen LogP contribution in [0, 0.1) is 5.92 Å². The Morgan fingerprint density at radius 1 is 0.838 bits per heavy atom. The van der Waals surface area contributed by atoms with E-state index < -0.39 is 36.2 Å². The van der Waals surface area contributed by atoms with Gasteiger partial charge in [0.15, 0.2) is 0 Å². The summed E-state index contributed by atoms with van der Waals surface area (Å²) in [5.41, 5.74) is 0.901. The quantitative estimate of drug-likeness (QED) is 0.286. The van der Waals surface area contributed by atoms with Crippen molar-refractivity contribution in [3.05, 3.63) is 71.8 Å². The van der Waals surface area contributed by atoms with Crippen LogP contribution in [-0.2, 0) is 37.0 Å². The van der Waals surface area contributed by atoms with Crippen LogP contribution in [0.4, 0.5) is 4.79 Å². The number of nitrogens with zero attached hydrogens (tertiary/aromatic N) is 1. The van der Waals surface area contributed by atoms with E-state index in [9.17, 15) is 14.4 Å². The fourth-order valence-corrected chi connectivity index (χ4v) is 4.49. The molecule has 3 rings (SSSR count). The normalized spacial score (nSPS) is 14.9. The van der Waals surface area contributed by atoms with Gasteiger partial charge in [-0.2, -0.15) is 0 Å². The molecular formula is C30H39NO6. The number of hydrogen-bond donors (Lipinski definition) is 0. The van der Waals surface area contributed by atoms with Gasteiger partial charge in [0.25, 0.3) is 0 Å². The molecule has 2 aromatic rings. The van der Waals surface area contributed by atoms with Crippen molar-refractivity contribution in [1.82, 2.24) is 4.90 Å². The molecule has 0 unspecified atom stereocenters. The highest BCUT2D eigenvalue weighted by Crippen LogP contribution is 2.30. The second-order valence-electron chi connectivity index (χ2n) is 10.6. The molecule has 1 saturated carbocycles. The molecule has 0 aliphatic heterocycles. The second-order valence-corrected chi connectivity index (χ2v) is 10.6. The smallest absolute Gasteiger partial charge is 0.411 e. The highest BCUT2D eigenvalue weighted by atomic mass is 16.6. The molecule has 1 aliphatic rings. The number of rotatable bonds is 10. The van der Waals surface area contributed by atoms with Gasteiger partial charge >= 0.3 is 18.0 Å². The Bertz CT molecular complexity index is 996. The fourth-order valence-electron chi connectivity index (χ4n) is 4.49. The topological polar surface area (TPSA) is 82.1 Å². The number of ether oxygens (including phenoxy) is 3. The summed E-state index contributed by atoms with van der Waals surface area (Å²) in [6.07, 6.45) is 4.97. The molecule has 7 heteroatoms. The minimum absolute atomic E-state index is 0.0275. The van der Waals surface area contributed by atoms with Crippen LogP contribution >= 0.6 is 0 Å². The first-order chi connectivity index (χ1) is 17.7. The number of carbonyl (C=O) groups excluding carboxylic acids is 3. The lowest BCUT2D eigenvalue weighted by molar-refractivity contribution is -0.163. The number of amides is 1. The Morgan fingerprint density at radius 3 is 1.92 bits per heavy atom. The summed E-state index contributed by atoms with van der Waals surface area (Å²) in [5.74, 6) is -0.889. The van der Waals surface area contributed by atoms with Gasteiger partial charge in [0.2, 0.25) is 0 Å². The molecule has 1 fully saturated rings. The first-order valence-electron chi connectivity index (χ1n) is 13.1. The van der Waals surface area contributed by atoms with Gasteiger partial charge in [-0.15, -0.1) is 0 Å². The van der Waals surface area contributed by atoms with Gasteiger partial charge in [0, 0.05) is 0 Å². The maximum Gasteiger partial charge on any atom is 0.411 e. The molecule has 7 nitrogen and oxygen atoms in total. The Balaban J connectivity index is 1.79. The molecule has 0 saturated heterocycles. The summed E-state index contributed by atoms with van der Waals surface area (Å²) < 4.78 is 16.7. The summed E-state index contributed by atoms with van der Waals surface area (Å²) in [6.45, 7) is 5.06. The first-order valence-corrected chi connectivity index (χ1v) is 13.1. The lowest BCUT2D eigenvalue weighted by Gasteiger charge is -2.34. The highest BCUT2D eigenvalue weighted by molar-refractivity contribution is 5.85. The van der Waals surface area contributed by atoms with E-state index in [1.807, 2.05) is 60.7 Å². The lowest BCUT2D eigenvalue weighted by Crippen LogP contribution is -2.50. The predicted molar refractivity (Wildman–Crippen MR) is 140 cm³/mol. The zero-order valence-electron chi connectivity index (χ0n) is 22.2. The van der Waals surface area contributed by atoms with Gasteiger partial charge < -0.3 is 14.2 Å². The minimum Gasteiger partial charge on any atom is -0.459 e. The van der Waals surface area contributed by atoms with Crippen LogP contribution in [0.25, 0.3) is 0 Å². The Kier molecular flexibility index (Phi) is 10.5. The van der Waals surface area contributed by atoms with E-state index in [4.69, 9.17) is 14.2 Å². The molecule has 1 aliphatic carbocycles. The molecule has 0 bridgehead atoms. The van der Waals surface area contributed by atoms with Crippen molar-refractivity contribution in [2.45, 2.75) is 84.2 Å². The average molecular weight is 510 g/mol. The molecule has 0 radical (unpaired) electrons. The van der Waals surface area contributed by atoms with Crippen molar-refractivity contribution in [2.24, 2.45) is 5.92 Å². The van der Waals surface area contributed by atoms with Crippen LogP contribution in [0.1, 0.15) is 70.4 Å². The SMILES string of the molecule is CC(C)(C)OC(=O)[C@@H](CC1CCCCC1)N(CC(=O)OCc1ccccc1)C(=O)OCc1ccccc1. The maximum absolute atomic E-state index is 13.4. The van der Waals surface area contributed by atoms with Gasteiger partial charge in [0.05, 0.1) is 0 Å². The van der Waals surface area contributed by atoms with Crippen molar-refractivity contribution in [2.75, 3.05) is 6.54 Å². The maximum atomic E-state index is 13.4. The van der Waals surface area contributed by atoms with E-state index in [0.717, 1.165) is 36.8 Å². The van der Waals surface area contributed by atoms with E-state index in [-0.39, 0.29) is 19.1 Å². The van der Waals surface area contributed by atoms with Gasteiger partial charge in [-0.1, -0.05) is 92.8 Å². The number of carbonyl (C=O) groups is 3. The molecule has 2 aromatic carbocycles. The molecule has 0 aromatic heterocycles. The third-order valence-electron chi connectivity index (χ3n) is 6.32.